The van der Waals surface area contributed by atoms with Crippen molar-refractivity contribution in [3.05, 3.63) is 240 Å². The summed E-state index contributed by atoms with van der Waals surface area (Å²) in [4.78, 5) is 4.96. The topological polar surface area (TPSA) is 6.48 Å². The van der Waals surface area contributed by atoms with Gasteiger partial charge in [0.25, 0.3) is 0 Å². The number of aryl methyl sites for hydroxylation is 2. The van der Waals surface area contributed by atoms with Crippen LogP contribution in [-0.4, -0.2) is 0 Å². The Hall–Kier alpha value is -7.94. The van der Waals surface area contributed by atoms with E-state index in [-0.39, 0.29) is 16.2 Å². The zero-order chi connectivity index (χ0) is 51.7. The number of fused-ring (bicyclic) bond motifs is 4. The zero-order valence-electron chi connectivity index (χ0n) is 45.1. The Bertz CT molecular complexity index is 3510. The molecule has 0 bridgehead atoms. The molecular formula is C72H68N2. The van der Waals surface area contributed by atoms with E-state index < -0.39 is 0 Å². The summed E-state index contributed by atoms with van der Waals surface area (Å²) in [6.07, 6.45) is 0. The van der Waals surface area contributed by atoms with Crippen molar-refractivity contribution in [2.24, 2.45) is 0 Å². The van der Waals surface area contributed by atoms with Crippen LogP contribution >= 0.6 is 0 Å². The molecule has 366 valence electrons. The van der Waals surface area contributed by atoms with Gasteiger partial charge in [0.2, 0.25) is 0 Å². The fourth-order valence-corrected chi connectivity index (χ4v) is 11.1. The Morgan fingerprint density at radius 3 is 0.757 bits per heavy atom. The highest BCUT2D eigenvalue weighted by molar-refractivity contribution is 6.25. The first-order valence-corrected chi connectivity index (χ1v) is 26.4. The third-order valence-corrected chi connectivity index (χ3v) is 15.2. The standard InChI is InChI=1S/C72H68N2/c1-47-28-36-54(37-29-47)73(56-40-32-51(33-41-56)70(3,4)5)68-62-24-16-12-20-58(62)66(59-21-13-17-25-63(59)68)49-44-50(46-53(45-49)72(9,10)11)67-60-22-14-18-26-64(60)69(65-27-19-15-23-61(65)67)74(55-38-30-48(2)31-39-55)57-42-34-52(35-43-57)71(6,7)8/h12-46H,1-11H3. The van der Waals surface area contributed by atoms with Gasteiger partial charge >= 0.3 is 0 Å². The third kappa shape index (κ3) is 8.81. The van der Waals surface area contributed by atoms with Gasteiger partial charge in [-0.2, -0.15) is 0 Å². The molecule has 0 aliphatic carbocycles. The summed E-state index contributed by atoms with van der Waals surface area (Å²) < 4.78 is 0. The largest absolute Gasteiger partial charge is 0.309 e. The minimum absolute atomic E-state index is 0.0377. The number of hydrogen-bond donors (Lipinski definition) is 0. The van der Waals surface area contributed by atoms with Crippen molar-refractivity contribution in [2.75, 3.05) is 9.80 Å². The normalized spacial score (nSPS) is 12.3. The minimum Gasteiger partial charge on any atom is -0.309 e. The van der Waals surface area contributed by atoms with Crippen LogP contribution in [0.4, 0.5) is 34.1 Å². The van der Waals surface area contributed by atoms with Crippen LogP contribution in [0, 0.1) is 13.8 Å². The second kappa shape index (κ2) is 18.5. The predicted molar refractivity (Wildman–Crippen MR) is 322 cm³/mol. The lowest BCUT2D eigenvalue weighted by Gasteiger charge is -2.31. The van der Waals surface area contributed by atoms with Gasteiger partial charge in [0.1, 0.15) is 0 Å². The van der Waals surface area contributed by atoms with Crippen LogP contribution < -0.4 is 9.80 Å². The Kier molecular flexibility index (Phi) is 12.1. The van der Waals surface area contributed by atoms with Gasteiger partial charge in [0, 0.05) is 44.3 Å². The van der Waals surface area contributed by atoms with Crippen molar-refractivity contribution < 1.29 is 0 Å². The fraction of sp³-hybridized carbons (Fsp3) is 0.194. The van der Waals surface area contributed by atoms with Crippen LogP contribution in [0.15, 0.2) is 212 Å². The summed E-state index contributed by atoms with van der Waals surface area (Å²) in [7, 11) is 0. The number of nitrogens with zero attached hydrogens (tertiary/aromatic N) is 2. The second-order valence-corrected chi connectivity index (χ2v) is 23.6. The van der Waals surface area contributed by atoms with E-state index in [4.69, 9.17) is 0 Å². The van der Waals surface area contributed by atoms with Crippen molar-refractivity contribution >= 4 is 77.2 Å². The van der Waals surface area contributed by atoms with E-state index in [1.807, 2.05) is 0 Å². The molecule has 11 rings (SSSR count). The highest BCUT2D eigenvalue weighted by atomic mass is 15.2. The molecule has 0 spiro atoms. The van der Waals surface area contributed by atoms with E-state index >= 15 is 0 Å². The molecule has 0 unspecified atom stereocenters. The molecule has 2 nitrogen and oxygen atoms in total. The maximum atomic E-state index is 2.49. The molecule has 0 saturated heterocycles. The highest BCUT2D eigenvalue weighted by Crippen LogP contribution is 2.52. The lowest BCUT2D eigenvalue weighted by molar-refractivity contribution is 0.590. The molecule has 0 atom stereocenters. The Balaban J connectivity index is 1.19. The van der Waals surface area contributed by atoms with Gasteiger partial charge in [-0.25, -0.2) is 0 Å². The average molecular weight is 961 g/mol. The van der Waals surface area contributed by atoms with Gasteiger partial charge < -0.3 is 9.80 Å². The van der Waals surface area contributed by atoms with Gasteiger partial charge in [0.15, 0.2) is 0 Å². The molecule has 0 aromatic heterocycles. The molecule has 0 amide bonds. The summed E-state index contributed by atoms with van der Waals surface area (Å²) in [6.45, 7) is 25.1. The molecule has 0 N–H and O–H groups in total. The molecule has 0 aliphatic rings. The molecule has 0 heterocycles. The van der Waals surface area contributed by atoms with Crippen LogP contribution in [0.3, 0.4) is 0 Å². The number of benzene rings is 11. The fourth-order valence-electron chi connectivity index (χ4n) is 11.1. The van der Waals surface area contributed by atoms with Crippen LogP contribution in [0.5, 0.6) is 0 Å². The van der Waals surface area contributed by atoms with E-state index in [1.54, 1.807) is 0 Å². The van der Waals surface area contributed by atoms with Crippen molar-refractivity contribution in [1.29, 1.82) is 0 Å². The number of anilines is 6. The monoisotopic (exact) mass is 961 g/mol. The van der Waals surface area contributed by atoms with E-state index in [0.29, 0.717) is 0 Å². The lowest BCUT2D eigenvalue weighted by Crippen LogP contribution is -2.14. The SMILES string of the molecule is Cc1ccc(N(c2ccc(C(C)(C)C)cc2)c2c3ccccc3c(-c3cc(-c4c5ccccc5c(N(c5ccc(C)cc5)c5ccc(C(C)(C)C)cc5)c5ccccc45)cc(C(C)(C)C)c3)c3ccccc23)cc1. The van der Waals surface area contributed by atoms with Gasteiger partial charge in [-0.1, -0.05) is 231 Å². The van der Waals surface area contributed by atoms with Crippen molar-refractivity contribution in [3.8, 4) is 22.3 Å². The molecule has 11 aromatic carbocycles. The van der Waals surface area contributed by atoms with E-state index in [0.717, 1.165) is 22.7 Å². The quantitative estimate of drug-likeness (QED) is 0.140. The van der Waals surface area contributed by atoms with Crippen LogP contribution in [0.1, 0.15) is 90.1 Å². The molecule has 0 radical (unpaired) electrons. The second-order valence-electron chi connectivity index (χ2n) is 23.6. The number of rotatable bonds is 8. The predicted octanol–water partition coefficient (Wildman–Crippen LogP) is 21.1. The molecular weight excluding hydrogens is 893 g/mol. The molecule has 0 saturated carbocycles. The molecule has 2 heteroatoms. The number of hydrogen-bond acceptors (Lipinski definition) is 2. The Labute approximate surface area is 439 Å². The van der Waals surface area contributed by atoms with E-state index in [1.165, 1.54) is 105 Å². The van der Waals surface area contributed by atoms with Crippen molar-refractivity contribution in [2.45, 2.75) is 92.4 Å². The first-order chi connectivity index (χ1) is 35.4. The summed E-state index contributed by atoms with van der Waals surface area (Å²) in [5.74, 6) is 0. The van der Waals surface area contributed by atoms with Crippen LogP contribution in [-0.2, 0) is 16.2 Å². The van der Waals surface area contributed by atoms with Gasteiger partial charge in [-0.15, -0.1) is 0 Å². The van der Waals surface area contributed by atoms with Crippen molar-refractivity contribution in [3.63, 3.8) is 0 Å². The summed E-state index contributed by atoms with van der Waals surface area (Å²) in [6, 6.07) is 80.2. The molecule has 0 fully saturated rings. The lowest BCUT2D eigenvalue weighted by atomic mass is 9.80. The first-order valence-electron chi connectivity index (χ1n) is 26.4. The highest BCUT2D eigenvalue weighted by Gasteiger charge is 2.27. The smallest absolute Gasteiger partial charge is 0.0618 e. The zero-order valence-corrected chi connectivity index (χ0v) is 45.1. The van der Waals surface area contributed by atoms with Gasteiger partial charge in [-0.3, -0.25) is 0 Å². The minimum atomic E-state index is -0.148. The molecule has 74 heavy (non-hydrogen) atoms. The van der Waals surface area contributed by atoms with E-state index in [9.17, 15) is 0 Å². The maximum absolute atomic E-state index is 2.49. The summed E-state index contributed by atoms with van der Waals surface area (Å²) >= 11 is 0. The first kappa shape index (κ1) is 48.3. The summed E-state index contributed by atoms with van der Waals surface area (Å²) in [5.41, 5.74) is 18.1. The Morgan fingerprint density at radius 2 is 0.500 bits per heavy atom. The average Bonchev–Trinajstić information content (AvgIpc) is 3.39. The summed E-state index contributed by atoms with van der Waals surface area (Å²) in [5, 5.41) is 9.70. The molecule has 0 aliphatic heterocycles. The van der Waals surface area contributed by atoms with Gasteiger partial charge in [-0.05, 0) is 145 Å². The Morgan fingerprint density at radius 1 is 0.257 bits per heavy atom. The van der Waals surface area contributed by atoms with Crippen molar-refractivity contribution in [1.82, 2.24) is 0 Å². The van der Waals surface area contributed by atoms with Crippen LogP contribution in [0.25, 0.3) is 65.3 Å². The van der Waals surface area contributed by atoms with E-state index in [2.05, 4.69) is 298 Å². The van der Waals surface area contributed by atoms with Gasteiger partial charge in [0.05, 0.1) is 11.4 Å². The van der Waals surface area contributed by atoms with Crippen LogP contribution in [0.2, 0.25) is 0 Å². The third-order valence-electron chi connectivity index (χ3n) is 15.2. The molecule has 11 aromatic rings. The maximum Gasteiger partial charge on any atom is 0.0618 e.